The molecule has 0 radical (unpaired) electrons. The number of methoxy groups -OCH3 is 3. The lowest BCUT2D eigenvalue weighted by Crippen LogP contribution is -2.22. The van der Waals surface area contributed by atoms with Crippen LogP contribution >= 0.6 is 0 Å². The standard InChI is InChI=1S/C63H72N6O15/c1-61(2,3)46-19-34-13-40-25-49(67(73)74)27-42(55(40)79-10)15-36-21-47(62(4,5)6)23-38(59(36)83-32-53(65)71)17-44-29-51(69(77)78)30-45(57(44)81-12)18-39-24-48(63(7,8)9)22-37(60(39)84-33-54(66)72)16-43-28-50(68(75)76)26-41(56(43)80-11)14-35(20-46)58(34)82-31-52(64)70/h19-30H,13-18,31-33H2,1-12H3,(H2,64,70)(H2,65,71)(H2,66,72). The van der Waals surface area contributed by atoms with Crippen molar-refractivity contribution < 1.29 is 57.6 Å². The van der Waals surface area contributed by atoms with Gasteiger partial charge in [0.1, 0.15) is 34.5 Å². The van der Waals surface area contributed by atoms with Crippen molar-refractivity contribution in [2.45, 2.75) is 117 Å². The lowest BCUT2D eigenvalue weighted by atomic mass is 9.81. The predicted molar refractivity (Wildman–Crippen MR) is 315 cm³/mol. The fourth-order valence-electron chi connectivity index (χ4n) is 10.7. The Labute approximate surface area is 487 Å². The molecule has 0 unspecified atom stereocenters. The number of nitrogens with two attached hydrogens (primary N) is 3. The molecule has 84 heavy (non-hydrogen) atoms. The summed E-state index contributed by atoms with van der Waals surface area (Å²) < 4.78 is 37.7. The molecule has 21 nitrogen and oxygen atoms in total. The number of nitro groups is 3. The molecule has 444 valence electrons. The van der Waals surface area contributed by atoms with E-state index in [2.05, 4.69) is 0 Å². The number of amides is 3. The van der Waals surface area contributed by atoms with E-state index < -0.39 is 68.6 Å². The molecule has 7 rings (SSSR count). The van der Waals surface area contributed by atoms with Gasteiger partial charge in [-0.05, 0) is 66.3 Å². The maximum absolute atomic E-state index is 13.0. The molecule has 0 atom stereocenters. The van der Waals surface area contributed by atoms with Crippen LogP contribution in [0.3, 0.4) is 0 Å². The van der Waals surface area contributed by atoms with Crippen LogP contribution in [0, 0.1) is 30.3 Å². The summed E-state index contributed by atoms with van der Waals surface area (Å²) >= 11 is 0. The summed E-state index contributed by atoms with van der Waals surface area (Å²) in [6.07, 6.45) is -0.536. The van der Waals surface area contributed by atoms with Crippen molar-refractivity contribution in [3.05, 3.63) is 187 Å². The molecule has 6 aromatic rings. The van der Waals surface area contributed by atoms with E-state index in [0.29, 0.717) is 66.8 Å². The highest BCUT2D eigenvalue weighted by atomic mass is 16.6. The summed E-state index contributed by atoms with van der Waals surface area (Å²) in [5.41, 5.74) is 21.7. The second kappa shape index (κ2) is 24.7. The Balaban J connectivity index is 1.69. The minimum atomic E-state index is -0.807. The van der Waals surface area contributed by atoms with Gasteiger partial charge in [-0.3, -0.25) is 44.7 Å². The summed E-state index contributed by atoms with van der Waals surface area (Å²) in [4.78, 5) is 75.5. The molecule has 0 aliphatic heterocycles. The van der Waals surface area contributed by atoms with Gasteiger partial charge in [-0.2, -0.15) is 0 Å². The van der Waals surface area contributed by atoms with E-state index in [9.17, 15) is 44.7 Å². The van der Waals surface area contributed by atoms with E-state index in [1.807, 2.05) is 98.7 Å². The highest BCUT2D eigenvalue weighted by molar-refractivity contribution is 5.77. The molecule has 0 fully saturated rings. The molecule has 3 amide bonds. The number of carbonyl (C=O) groups excluding carboxylic acids is 3. The van der Waals surface area contributed by atoms with Gasteiger partial charge in [-0.1, -0.05) is 98.7 Å². The monoisotopic (exact) mass is 1150 g/mol. The highest BCUT2D eigenvalue weighted by Crippen LogP contribution is 2.45. The second-order valence-corrected chi connectivity index (χ2v) is 24.1. The Kier molecular flexibility index (Phi) is 18.3. The number of nitrogens with zero attached hydrogens (tertiary/aromatic N) is 3. The first-order valence-electron chi connectivity index (χ1n) is 27.0. The van der Waals surface area contributed by atoms with Crippen molar-refractivity contribution in [3.8, 4) is 34.5 Å². The van der Waals surface area contributed by atoms with Gasteiger partial charge in [0.25, 0.3) is 34.8 Å². The van der Waals surface area contributed by atoms with Crippen LogP contribution in [0.2, 0.25) is 0 Å². The summed E-state index contributed by atoms with van der Waals surface area (Å²) in [5, 5.41) is 39.1. The number of carbonyl (C=O) groups is 3. The van der Waals surface area contributed by atoms with Crippen LogP contribution in [-0.2, 0) is 69.2 Å². The van der Waals surface area contributed by atoms with E-state index in [-0.39, 0.29) is 90.1 Å². The van der Waals surface area contributed by atoms with Gasteiger partial charge in [0.15, 0.2) is 19.8 Å². The molecule has 0 heterocycles. The number of hydrogen-bond acceptors (Lipinski definition) is 15. The molecule has 0 spiro atoms. The first kappa shape index (κ1) is 62.3. The Morgan fingerprint density at radius 1 is 0.357 bits per heavy atom. The average molecular weight is 1150 g/mol. The van der Waals surface area contributed by atoms with Crippen LogP contribution in [0.1, 0.15) is 146 Å². The van der Waals surface area contributed by atoms with Crippen molar-refractivity contribution in [1.82, 2.24) is 0 Å². The molecule has 0 saturated carbocycles. The number of fused-ring (bicyclic) bond motifs is 12. The molecule has 0 aromatic heterocycles. The summed E-state index contributed by atoms with van der Waals surface area (Å²) in [6.45, 7) is 16.1. The molecule has 6 N–H and O–H groups in total. The second-order valence-electron chi connectivity index (χ2n) is 24.1. The van der Waals surface area contributed by atoms with Gasteiger partial charge >= 0.3 is 0 Å². The van der Waals surface area contributed by atoms with Gasteiger partial charge in [-0.25, -0.2) is 0 Å². The molecule has 0 saturated heterocycles. The van der Waals surface area contributed by atoms with Gasteiger partial charge in [-0.15, -0.1) is 0 Å². The van der Waals surface area contributed by atoms with Gasteiger partial charge in [0, 0.05) is 108 Å². The third kappa shape index (κ3) is 14.3. The van der Waals surface area contributed by atoms with Crippen LogP contribution < -0.4 is 45.6 Å². The van der Waals surface area contributed by atoms with E-state index in [1.54, 1.807) is 0 Å². The van der Waals surface area contributed by atoms with Crippen LogP contribution in [0.25, 0.3) is 0 Å². The quantitative estimate of drug-likeness (QED) is 0.0635. The minimum Gasteiger partial charge on any atom is -0.496 e. The molecule has 1 aliphatic carbocycles. The van der Waals surface area contributed by atoms with Crippen molar-refractivity contribution in [3.63, 3.8) is 0 Å². The number of hydrogen-bond donors (Lipinski definition) is 3. The molecule has 1 aliphatic rings. The number of nitro benzene ring substituents is 3. The van der Waals surface area contributed by atoms with Crippen molar-refractivity contribution in [2.24, 2.45) is 17.2 Å². The Morgan fingerprint density at radius 3 is 0.655 bits per heavy atom. The summed E-state index contributed by atoms with van der Waals surface area (Å²) in [5.74, 6) is -1.16. The zero-order chi connectivity index (χ0) is 61.9. The van der Waals surface area contributed by atoms with E-state index in [0.717, 1.165) is 16.7 Å². The molecular formula is C63H72N6O15. The minimum absolute atomic E-state index is 0.0893. The summed E-state index contributed by atoms with van der Waals surface area (Å²) in [6, 6.07) is 19.5. The Morgan fingerprint density at radius 2 is 0.524 bits per heavy atom. The SMILES string of the molecule is COc1c2cc([N+](=O)[O-])cc1Cc1cc(C(C)(C)C)cc(c1OCC(N)=O)Cc1cc([N+](=O)[O-])cc(c1OC)Cc1cc(C(C)(C)C)cc(c1OCC(N)=O)Cc1cc([N+](=O)[O-])cc(c1OC)Cc1cc(C(C)(C)C)cc(c1OCC(N)=O)C2. The molecule has 6 aromatic carbocycles. The van der Waals surface area contributed by atoms with E-state index in [1.165, 1.54) is 57.7 Å². The van der Waals surface area contributed by atoms with Crippen molar-refractivity contribution in [1.29, 1.82) is 0 Å². The lowest BCUT2D eigenvalue weighted by molar-refractivity contribution is -0.385. The summed E-state index contributed by atoms with van der Waals surface area (Å²) in [7, 11) is 4.28. The average Bonchev–Trinajstić information content (AvgIpc) is 1.25. The Bertz CT molecular complexity index is 3110. The zero-order valence-electron chi connectivity index (χ0n) is 49.5. The fourth-order valence-corrected chi connectivity index (χ4v) is 10.7. The largest absolute Gasteiger partial charge is 0.496 e. The van der Waals surface area contributed by atoms with E-state index >= 15 is 0 Å². The smallest absolute Gasteiger partial charge is 0.270 e. The van der Waals surface area contributed by atoms with Gasteiger partial charge in [0.05, 0.1) is 36.1 Å². The first-order valence-corrected chi connectivity index (χ1v) is 27.0. The van der Waals surface area contributed by atoms with Crippen LogP contribution in [0.15, 0.2) is 72.8 Å². The lowest BCUT2D eigenvalue weighted by Gasteiger charge is -2.26. The van der Waals surface area contributed by atoms with Crippen LogP contribution in [-0.4, -0.2) is 73.6 Å². The normalized spacial score (nSPS) is 12.7. The Hall–Kier alpha value is -9.27. The third-order valence-corrected chi connectivity index (χ3v) is 14.6. The van der Waals surface area contributed by atoms with E-state index in [4.69, 9.17) is 45.6 Å². The molecule has 21 heteroatoms. The molecular weight excluding hydrogens is 1080 g/mol. The fraction of sp³-hybridized carbons (Fsp3) is 0.381. The maximum Gasteiger partial charge on any atom is 0.270 e. The van der Waals surface area contributed by atoms with Crippen molar-refractivity contribution >= 4 is 34.8 Å². The maximum atomic E-state index is 13.0. The molecule has 12 bridgehead atoms. The topological polar surface area (TPSA) is 314 Å². The zero-order valence-corrected chi connectivity index (χ0v) is 49.5. The number of primary amides is 3. The highest BCUT2D eigenvalue weighted by Gasteiger charge is 2.31. The number of non-ortho nitro benzene ring substituents is 3. The number of rotatable bonds is 15. The van der Waals surface area contributed by atoms with Crippen LogP contribution in [0.4, 0.5) is 17.1 Å². The number of benzene rings is 6. The predicted octanol–water partition coefficient (Wildman–Crippen LogP) is 9.78. The van der Waals surface area contributed by atoms with Crippen molar-refractivity contribution in [2.75, 3.05) is 41.2 Å². The first-order chi connectivity index (χ1) is 39.3. The van der Waals surface area contributed by atoms with Crippen LogP contribution in [0.5, 0.6) is 34.5 Å². The third-order valence-electron chi connectivity index (χ3n) is 14.6. The van der Waals surface area contributed by atoms with Gasteiger partial charge in [0.2, 0.25) is 0 Å². The van der Waals surface area contributed by atoms with Gasteiger partial charge < -0.3 is 45.6 Å². The number of ether oxygens (including phenoxy) is 6.